The largest absolute Gasteiger partial charge is 0.493 e. The van der Waals surface area contributed by atoms with Crippen molar-refractivity contribution in [2.24, 2.45) is 5.92 Å². The van der Waals surface area contributed by atoms with Gasteiger partial charge >= 0.3 is 5.97 Å². The van der Waals surface area contributed by atoms with Crippen LogP contribution in [-0.4, -0.2) is 55.9 Å². The number of hydrogen-bond donors (Lipinski definition) is 1. The zero-order valence-corrected chi connectivity index (χ0v) is 17.4. The summed E-state index contributed by atoms with van der Waals surface area (Å²) >= 11 is 0. The number of nitrogens with zero attached hydrogens (tertiary/aromatic N) is 1. The molecule has 0 aliphatic carbocycles. The highest BCUT2D eigenvalue weighted by Gasteiger charge is 2.36. The third-order valence-electron chi connectivity index (χ3n) is 4.85. The number of carbonyl (C=O) groups is 4. The van der Waals surface area contributed by atoms with Crippen molar-refractivity contribution in [1.82, 2.24) is 10.4 Å². The number of amides is 2. The number of halogens is 1. The number of hydrazine groups is 1. The predicted octanol–water partition coefficient (Wildman–Crippen LogP) is 1.76. The van der Waals surface area contributed by atoms with Gasteiger partial charge in [-0.1, -0.05) is 0 Å². The molecule has 0 spiro atoms. The van der Waals surface area contributed by atoms with Crippen LogP contribution in [0.5, 0.6) is 11.5 Å². The summed E-state index contributed by atoms with van der Waals surface area (Å²) in [6.45, 7) is -0.630. The van der Waals surface area contributed by atoms with Gasteiger partial charge in [-0.05, 0) is 42.5 Å². The molecule has 0 aromatic heterocycles. The van der Waals surface area contributed by atoms with E-state index in [2.05, 4.69) is 5.43 Å². The molecule has 0 unspecified atom stereocenters. The van der Waals surface area contributed by atoms with E-state index in [4.69, 9.17) is 14.2 Å². The van der Waals surface area contributed by atoms with Crippen LogP contribution in [0.2, 0.25) is 0 Å². The predicted molar refractivity (Wildman–Crippen MR) is 109 cm³/mol. The summed E-state index contributed by atoms with van der Waals surface area (Å²) in [7, 11) is 2.90. The Balaban J connectivity index is 1.55. The average molecular weight is 444 g/mol. The van der Waals surface area contributed by atoms with Gasteiger partial charge in [0.25, 0.3) is 5.91 Å². The zero-order valence-electron chi connectivity index (χ0n) is 17.4. The molecule has 1 aliphatic rings. The van der Waals surface area contributed by atoms with Crippen molar-refractivity contribution in [3.05, 3.63) is 59.4 Å². The number of hydrogen-bond acceptors (Lipinski definition) is 7. The van der Waals surface area contributed by atoms with Crippen LogP contribution in [0.25, 0.3) is 0 Å². The molecule has 3 rings (SSSR count). The van der Waals surface area contributed by atoms with Gasteiger partial charge in [-0.2, -0.15) is 0 Å². The maximum atomic E-state index is 12.9. The SMILES string of the molecule is COc1ccc(C(=O)NN2C[C@H](C(=O)OCC(=O)c3ccc(F)cc3)CC2=O)cc1OC. The molecule has 2 aromatic rings. The normalized spacial score (nSPS) is 15.3. The molecule has 1 aliphatic heterocycles. The lowest BCUT2D eigenvalue weighted by Gasteiger charge is -2.18. The average Bonchev–Trinajstić information content (AvgIpc) is 3.17. The van der Waals surface area contributed by atoms with E-state index < -0.39 is 41.9 Å². The van der Waals surface area contributed by atoms with Crippen LogP contribution in [0.4, 0.5) is 4.39 Å². The number of ketones is 1. The van der Waals surface area contributed by atoms with Gasteiger partial charge in [-0.15, -0.1) is 0 Å². The molecule has 2 amide bonds. The summed E-state index contributed by atoms with van der Waals surface area (Å²) in [6, 6.07) is 9.35. The zero-order chi connectivity index (χ0) is 23.3. The standard InChI is InChI=1S/C22H21FN2O7/c1-30-18-8-5-14(9-19(18)31-2)21(28)24-25-11-15(10-20(25)27)22(29)32-12-17(26)13-3-6-16(23)7-4-13/h3-9,15H,10-12H2,1-2H3,(H,24,28)/t15-/m1/s1. The van der Waals surface area contributed by atoms with Gasteiger partial charge in [0.05, 0.1) is 26.7 Å². The third-order valence-corrected chi connectivity index (χ3v) is 4.85. The van der Waals surface area contributed by atoms with Gasteiger partial charge in [-0.3, -0.25) is 29.6 Å². The molecule has 1 heterocycles. The first-order chi connectivity index (χ1) is 15.3. The van der Waals surface area contributed by atoms with Crippen LogP contribution in [0.1, 0.15) is 27.1 Å². The molecule has 2 aromatic carbocycles. The first-order valence-electron chi connectivity index (χ1n) is 9.61. The number of esters is 1. The summed E-state index contributed by atoms with van der Waals surface area (Å²) < 4.78 is 28.2. The Kier molecular flexibility index (Phi) is 7.04. The lowest BCUT2D eigenvalue weighted by Crippen LogP contribution is -2.43. The summed E-state index contributed by atoms with van der Waals surface area (Å²) in [5, 5.41) is 1.03. The minimum Gasteiger partial charge on any atom is -0.493 e. The molecular weight excluding hydrogens is 423 g/mol. The highest BCUT2D eigenvalue weighted by Crippen LogP contribution is 2.27. The van der Waals surface area contributed by atoms with Crippen molar-refractivity contribution in [2.45, 2.75) is 6.42 Å². The quantitative estimate of drug-likeness (QED) is 0.488. The van der Waals surface area contributed by atoms with E-state index in [9.17, 15) is 23.6 Å². The highest BCUT2D eigenvalue weighted by molar-refractivity contribution is 5.99. The van der Waals surface area contributed by atoms with Gasteiger partial charge < -0.3 is 14.2 Å². The van der Waals surface area contributed by atoms with Crippen LogP contribution < -0.4 is 14.9 Å². The Hall–Kier alpha value is -3.95. The molecule has 0 radical (unpaired) electrons. The van der Waals surface area contributed by atoms with Gasteiger partial charge in [0.15, 0.2) is 23.9 Å². The van der Waals surface area contributed by atoms with Crippen LogP contribution in [0, 0.1) is 11.7 Å². The van der Waals surface area contributed by atoms with E-state index in [0.717, 1.165) is 17.1 Å². The lowest BCUT2D eigenvalue weighted by atomic mass is 10.1. The van der Waals surface area contributed by atoms with Gasteiger partial charge in [0, 0.05) is 17.5 Å². The van der Waals surface area contributed by atoms with Crippen molar-refractivity contribution in [2.75, 3.05) is 27.4 Å². The Bertz CT molecular complexity index is 1040. The van der Waals surface area contributed by atoms with Crippen LogP contribution in [0.3, 0.4) is 0 Å². The van der Waals surface area contributed by atoms with E-state index in [1.54, 1.807) is 6.07 Å². The second kappa shape index (κ2) is 9.90. The number of ether oxygens (including phenoxy) is 3. The monoisotopic (exact) mass is 444 g/mol. The molecule has 1 saturated heterocycles. The van der Waals surface area contributed by atoms with Gasteiger partial charge in [-0.25, -0.2) is 4.39 Å². The van der Waals surface area contributed by atoms with Gasteiger partial charge in [0.2, 0.25) is 5.91 Å². The Morgan fingerprint density at radius 1 is 1.03 bits per heavy atom. The number of Topliss-reactive ketones (excluding diaryl/α,β-unsaturated/α-hetero) is 1. The van der Waals surface area contributed by atoms with Gasteiger partial charge in [0.1, 0.15) is 5.82 Å². The van der Waals surface area contributed by atoms with E-state index in [1.807, 2.05) is 0 Å². The van der Waals surface area contributed by atoms with Crippen LogP contribution in [-0.2, 0) is 14.3 Å². The molecule has 0 bridgehead atoms. The highest BCUT2D eigenvalue weighted by atomic mass is 19.1. The minimum atomic E-state index is -0.839. The Labute approximate surface area is 183 Å². The van der Waals surface area contributed by atoms with Crippen LogP contribution in [0.15, 0.2) is 42.5 Å². The fourth-order valence-corrected chi connectivity index (χ4v) is 3.11. The van der Waals surface area contributed by atoms with Crippen molar-refractivity contribution in [1.29, 1.82) is 0 Å². The fraction of sp³-hybridized carbons (Fsp3) is 0.273. The summed E-state index contributed by atoms with van der Waals surface area (Å²) in [6.07, 6.45) is -0.171. The molecule has 0 saturated carbocycles. The number of benzene rings is 2. The third kappa shape index (κ3) is 5.20. The fourth-order valence-electron chi connectivity index (χ4n) is 3.11. The second-order valence-electron chi connectivity index (χ2n) is 6.95. The molecule has 1 fully saturated rings. The molecule has 168 valence electrons. The van der Waals surface area contributed by atoms with Crippen LogP contribution >= 0.6 is 0 Å². The maximum Gasteiger partial charge on any atom is 0.311 e. The molecule has 32 heavy (non-hydrogen) atoms. The first kappa shape index (κ1) is 22.7. The number of rotatable bonds is 8. The maximum absolute atomic E-state index is 12.9. The summed E-state index contributed by atoms with van der Waals surface area (Å²) in [4.78, 5) is 49.1. The first-order valence-corrected chi connectivity index (χ1v) is 9.61. The lowest BCUT2D eigenvalue weighted by molar-refractivity contribution is -0.147. The van der Waals surface area contributed by atoms with Crippen molar-refractivity contribution < 1.29 is 37.8 Å². The molecule has 10 heteroatoms. The Morgan fingerprint density at radius 2 is 1.69 bits per heavy atom. The number of methoxy groups -OCH3 is 2. The second-order valence-corrected chi connectivity index (χ2v) is 6.95. The van der Waals surface area contributed by atoms with E-state index in [1.165, 1.54) is 38.5 Å². The molecule has 1 N–H and O–H groups in total. The summed E-state index contributed by atoms with van der Waals surface area (Å²) in [5.74, 6) is -2.81. The van der Waals surface area contributed by atoms with E-state index in [0.29, 0.717) is 11.5 Å². The van der Waals surface area contributed by atoms with Crippen molar-refractivity contribution in [3.8, 4) is 11.5 Å². The number of nitrogens with one attached hydrogen (secondary N) is 1. The Morgan fingerprint density at radius 3 is 2.34 bits per heavy atom. The van der Waals surface area contributed by atoms with E-state index in [-0.39, 0.29) is 24.1 Å². The summed E-state index contributed by atoms with van der Waals surface area (Å²) in [5.41, 5.74) is 2.88. The molecule has 1 atom stereocenters. The minimum absolute atomic E-state index is 0.0958. The molecular formula is C22H21FN2O7. The molecule has 9 nitrogen and oxygen atoms in total. The topological polar surface area (TPSA) is 111 Å². The van der Waals surface area contributed by atoms with Crippen molar-refractivity contribution in [3.63, 3.8) is 0 Å². The smallest absolute Gasteiger partial charge is 0.311 e. The number of carbonyl (C=O) groups excluding carboxylic acids is 4. The van der Waals surface area contributed by atoms with E-state index >= 15 is 0 Å². The van der Waals surface area contributed by atoms with Crippen molar-refractivity contribution >= 4 is 23.6 Å².